The number of imidazole rings is 1. The van der Waals surface area contributed by atoms with Gasteiger partial charge in [0, 0.05) is 34.0 Å². The van der Waals surface area contributed by atoms with Crippen LogP contribution in [0.3, 0.4) is 0 Å². The van der Waals surface area contributed by atoms with Gasteiger partial charge in [-0.15, -0.1) is 0 Å². The second kappa shape index (κ2) is 8.05. The summed E-state index contributed by atoms with van der Waals surface area (Å²) in [5, 5.41) is 0. The number of fused-ring (bicyclic) bond motifs is 1. The van der Waals surface area contributed by atoms with E-state index in [2.05, 4.69) is 15.8 Å². The summed E-state index contributed by atoms with van der Waals surface area (Å²) < 4.78 is 32.5. The van der Waals surface area contributed by atoms with Gasteiger partial charge in [-0.25, -0.2) is 17.7 Å². The van der Waals surface area contributed by atoms with Crippen LogP contribution in [0.1, 0.15) is 22.8 Å². The van der Waals surface area contributed by atoms with Crippen LogP contribution in [0.2, 0.25) is 0 Å². The van der Waals surface area contributed by atoms with Gasteiger partial charge in [-0.05, 0) is 30.3 Å². The maximum Gasteiger partial charge on any atom is 0.305 e. The monoisotopic (exact) mass is 419 g/mol. The summed E-state index contributed by atoms with van der Waals surface area (Å²) in [5.74, 6) is -0.246. The van der Waals surface area contributed by atoms with Gasteiger partial charge in [0.15, 0.2) is 5.76 Å². The van der Waals surface area contributed by atoms with Crippen LogP contribution in [0.4, 0.5) is 0 Å². The number of aryl methyl sites for hydroxylation is 2. The normalized spacial score (nSPS) is 11.7. The van der Waals surface area contributed by atoms with Gasteiger partial charge >= 0.3 is 5.91 Å². The second-order valence-electron chi connectivity index (χ2n) is 6.50. The smallest absolute Gasteiger partial charge is 0.305 e. The van der Waals surface area contributed by atoms with E-state index in [1.165, 1.54) is 38.6 Å². The SMILES string of the molecule is CN(C)S(=O)(=O)c1ccc2c(c1)nc(CCC(=O)NNC(=O)c1ccco1)n2C. The minimum absolute atomic E-state index is 0.0818. The predicted octanol–water partition coefficient (Wildman–Crippen LogP) is 0.810. The van der Waals surface area contributed by atoms with E-state index in [-0.39, 0.29) is 17.1 Å². The first-order valence-electron chi connectivity index (χ1n) is 8.70. The molecule has 0 fully saturated rings. The predicted molar refractivity (Wildman–Crippen MR) is 104 cm³/mol. The van der Waals surface area contributed by atoms with Gasteiger partial charge in [0.25, 0.3) is 0 Å². The summed E-state index contributed by atoms with van der Waals surface area (Å²) in [5.41, 5.74) is 5.86. The third kappa shape index (κ3) is 4.30. The van der Waals surface area contributed by atoms with Gasteiger partial charge < -0.3 is 8.98 Å². The Hall–Kier alpha value is -3.18. The number of rotatable bonds is 6. The van der Waals surface area contributed by atoms with Gasteiger partial charge in [-0.1, -0.05) is 0 Å². The molecule has 0 spiro atoms. The van der Waals surface area contributed by atoms with Crippen molar-refractivity contribution in [2.45, 2.75) is 17.7 Å². The molecule has 2 N–H and O–H groups in total. The van der Waals surface area contributed by atoms with Crippen LogP contribution in [0.5, 0.6) is 0 Å². The third-order valence-corrected chi connectivity index (χ3v) is 6.17. The second-order valence-corrected chi connectivity index (χ2v) is 8.66. The summed E-state index contributed by atoms with van der Waals surface area (Å²) in [4.78, 5) is 28.3. The Morgan fingerprint density at radius 1 is 1.21 bits per heavy atom. The highest BCUT2D eigenvalue weighted by Crippen LogP contribution is 2.21. The number of sulfonamides is 1. The minimum atomic E-state index is -3.56. The lowest BCUT2D eigenvalue weighted by atomic mass is 10.3. The first kappa shape index (κ1) is 20.6. The van der Waals surface area contributed by atoms with Crippen molar-refractivity contribution in [3.05, 3.63) is 48.2 Å². The molecule has 0 aliphatic rings. The molecule has 10 nitrogen and oxygen atoms in total. The van der Waals surface area contributed by atoms with Crippen LogP contribution < -0.4 is 10.9 Å². The number of amides is 2. The van der Waals surface area contributed by atoms with E-state index >= 15 is 0 Å². The average Bonchev–Trinajstić information content (AvgIpc) is 3.32. The maximum absolute atomic E-state index is 12.3. The van der Waals surface area contributed by atoms with Crippen LogP contribution in [0.25, 0.3) is 11.0 Å². The molecule has 0 bridgehead atoms. The molecule has 0 aliphatic carbocycles. The topological polar surface area (TPSA) is 127 Å². The number of nitrogens with zero attached hydrogens (tertiary/aromatic N) is 3. The Balaban J connectivity index is 1.66. The van der Waals surface area contributed by atoms with Crippen molar-refractivity contribution in [3.63, 3.8) is 0 Å². The zero-order valence-electron chi connectivity index (χ0n) is 16.2. The van der Waals surface area contributed by atoms with Crippen molar-refractivity contribution in [1.29, 1.82) is 0 Å². The van der Waals surface area contributed by atoms with E-state index in [1.807, 2.05) is 0 Å². The van der Waals surface area contributed by atoms with Crippen molar-refractivity contribution < 1.29 is 22.4 Å². The number of furan rings is 1. The first-order chi connectivity index (χ1) is 13.7. The van der Waals surface area contributed by atoms with Crippen LogP contribution in [-0.4, -0.2) is 48.2 Å². The molecule has 0 radical (unpaired) electrons. The Labute approximate surface area is 167 Å². The molecule has 154 valence electrons. The molecule has 2 amide bonds. The number of hydrogen-bond acceptors (Lipinski definition) is 6. The fraction of sp³-hybridized carbons (Fsp3) is 0.278. The minimum Gasteiger partial charge on any atom is -0.459 e. The van der Waals surface area contributed by atoms with E-state index in [4.69, 9.17) is 4.42 Å². The van der Waals surface area contributed by atoms with Gasteiger partial charge in [0.1, 0.15) is 5.82 Å². The molecule has 3 aromatic rings. The lowest BCUT2D eigenvalue weighted by molar-refractivity contribution is -0.121. The summed E-state index contributed by atoms with van der Waals surface area (Å²) in [6.45, 7) is 0. The molecule has 0 unspecified atom stereocenters. The summed E-state index contributed by atoms with van der Waals surface area (Å²) in [6.07, 6.45) is 1.75. The van der Waals surface area contributed by atoms with Crippen molar-refractivity contribution in [2.75, 3.05) is 14.1 Å². The lowest BCUT2D eigenvalue weighted by Gasteiger charge is -2.10. The van der Waals surface area contributed by atoms with E-state index in [0.717, 1.165) is 9.82 Å². The fourth-order valence-corrected chi connectivity index (χ4v) is 3.63. The van der Waals surface area contributed by atoms with Crippen molar-refractivity contribution >= 4 is 32.9 Å². The van der Waals surface area contributed by atoms with Crippen LogP contribution in [0.15, 0.2) is 45.9 Å². The highest BCUT2D eigenvalue weighted by molar-refractivity contribution is 7.89. The van der Waals surface area contributed by atoms with Crippen LogP contribution in [-0.2, 0) is 28.3 Å². The molecule has 29 heavy (non-hydrogen) atoms. The molecule has 0 aliphatic heterocycles. The van der Waals surface area contributed by atoms with Crippen molar-refractivity contribution in [2.24, 2.45) is 7.05 Å². The Kier molecular flexibility index (Phi) is 5.71. The maximum atomic E-state index is 12.3. The summed E-state index contributed by atoms with van der Waals surface area (Å²) >= 11 is 0. The number of benzene rings is 1. The molecular weight excluding hydrogens is 398 g/mol. The molecule has 3 rings (SSSR count). The van der Waals surface area contributed by atoms with E-state index in [0.29, 0.717) is 17.8 Å². The van der Waals surface area contributed by atoms with E-state index in [9.17, 15) is 18.0 Å². The van der Waals surface area contributed by atoms with Crippen LogP contribution in [0, 0.1) is 0 Å². The number of hydrogen-bond donors (Lipinski definition) is 2. The zero-order valence-corrected chi connectivity index (χ0v) is 17.0. The fourth-order valence-electron chi connectivity index (χ4n) is 2.71. The molecule has 2 aromatic heterocycles. The average molecular weight is 419 g/mol. The van der Waals surface area contributed by atoms with Gasteiger partial charge in [0.2, 0.25) is 15.9 Å². The molecule has 11 heteroatoms. The standard InChI is InChI=1S/C18H21N5O5S/c1-22(2)29(26,27)12-6-7-14-13(11-12)19-16(23(14)3)8-9-17(24)20-21-18(25)15-5-4-10-28-15/h4-7,10-11H,8-9H2,1-3H3,(H,20,24)(H,21,25). The Morgan fingerprint density at radius 2 is 1.97 bits per heavy atom. The molecular formula is C18H21N5O5S. The molecule has 2 heterocycles. The molecule has 0 saturated heterocycles. The number of nitrogens with one attached hydrogen (secondary N) is 2. The molecule has 0 atom stereocenters. The van der Waals surface area contributed by atoms with Gasteiger partial charge in [-0.2, -0.15) is 0 Å². The lowest BCUT2D eigenvalue weighted by Crippen LogP contribution is -2.41. The first-order valence-corrected chi connectivity index (χ1v) is 10.1. The van der Waals surface area contributed by atoms with E-state index < -0.39 is 21.8 Å². The van der Waals surface area contributed by atoms with Crippen LogP contribution >= 0.6 is 0 Å². The molecule has 0 saturated carbocycles. The van der Waals surface area contributed by atoms with Crippen molar-refractivity contribution in [1.82, 2.24) is 24.7 Å². The number of hydrazine groups is 1. The summed E-state index contributed by atoms with van der Waals surface area (Å²) in [6, 6.07) is 7.77. The Morgan fingerprint density at radius 3 is 2.62 bits per heavy atom. The quantitative estimate of drug-likeness (QED) is 0.570. The Bertz CT molecular complexity index is 1150. The van der Waals surface area contributed by atoms with E-state index in [1.54, 1.807) is 23.7 Å². The van der Waals surface area contributed by atoms with Crippen molar-refractivity contribution in [3.8, 4) is 0 Å². The largest absolute Gasteiger partial charge is 0.459 e. The molecule has 1 aromatic carbocycles. The highest BCUT2D eigenvalue weighted by Gasteiger charge is 2.19. The number of aromatic nitrogens is 2. The highest BCUT2D eigenvalue weighted by atomic mass is 32.2. The van der Waals surface area contributed by atoms with Gasteiger partial charge in [0.05, 0.1) is 22.2 Å². The zero-order chi connectivity index (χ0) is 21.2. The number of carbonyl (C=O) groups excluding carboxylic acids is 2. The third-order valence-electron chi connectivity index (χ3n) is 4.36. The summed E-state index contributed by atoms with van der Waals surface area (Å²) in [7, 11) is 1.16. The number of carbonyl (C=O) groups is 2. The van der Waals surface area contributed by atoms with Gasteiger partial charge in [-0.3, -0.25) is 20.4 Å².